The van der Waals surface area contributed by atoms with Crippen molar-refractivity contribution in [3.8, 4) is 11.5 Å². The molecule has 5 rings (SSSR count). The third-order valence-electron chi connectivity index (χ3n) is 6.65. The van der Waals surface area contributed by atoms with Gasteiger partial charge in [-0.2, -0.15) is 0 Å². The summed E-state index contributed by atoms with van der Waals surface area (Å²) in [7, 11) is 3.04. The third kappa shape index (κ3) is 4.78. The Morgan fingerprint density at radius 1 is 0.919 bits per heavy atom. The zero-order valence-electron chi connectivity index (χ0n) is 20.7. The highest BCUT2D eigenvalue weighted by molar-refractivity contribution is 6.06. The minimum Gasteiger partial charge on any atom is -0.497 e. The standard InChI is InChI=1S/C29H27N3O5/c1-36-21-11-12-26(37-2)24(15-21)30-27(33)18-32-25-10-6-5-9-22(25)23(16-28(32)34)29(35)31-14-13-19-7-3-4-8-20(19)17-31/h3-12,15-16H,13-14,17-18H2,1-2H3,(H,30,33). The van der Waals surface area contributed by atoms with Crippen LogP contribution in [0.5, 0.6) is 11.5 Å². The molecular formula is C29H27N3O5. The number of nitrogens with zero attached hydrogens (tertiary/aromatic N) is 2. The Morgan fingerprint density at radius 2 is 1.68 bits per heavy atom. The molecule has 1 aliphatic heterocycles. The number of para-hydroxylation sites is 1. The molecule has 2 amide bonds. The van der Waals surface area contributed by atoms with Gasteiger partial charge >= 0.3 is 0 Å². The van der Waals surface area contributed by atoms with Crippen LogP contribution >= 0.6 is 0 Å². The van der Waals surface area contributed by atoms with E-state index in [1.807, 2.05) is 24.3 Å². The number of methoxy groups -OCH3 is 2. The van der Waals surface area contributed by atoms with Crippen molar-refractivity contribution in [3.63, 3.8) is 0 Å². The normalized spacial score (nSPS) is 12.6. The number of fused-ring (bicyclic) bond motifs is 2. The van der Waals surface area contributed by atoms with E-state index in [2.05, 4.69) is 11.4 Å². The van der Waals surface area contributed by atoms with E-state index in [9.17, 15) is 14.4 Å². The smallest absolute Gasteiger partial charge is 0.255 e. The van der Waals surface area contributed by atoms with Crippen LogP contribution in [0, 0.1) is 0 Å². The average molecular weight is 498 g/mol. The summed E-state index contributed by atoms with van der Waals surface area (Å²) in [6.07, 6.45) is 0.769. The molecule has 8 heteroatoms. The average Bonchev–Trinajstić information content (AvgIpc) is 2.93. The monoisotopic (exact) mass is 497 g/mol. The van der Waals surface area contributed by atoms with Crippen molar-refractivity contribution in [1.82, 2.24) is 9.47 Å². The Hall–Kier alpha value is -4.59. The highest BCUT2D eigenvalue weighted by Gasteiger charge is 2.24. The molecule has 2 heterocycles. The van der Waals surface area contributed by atoms with Gasteiger partial charge in [-0.05, 0) is 35.7 Å². The van der Waals surface area contributed by atoms with Gasteiger partial charge in [0.15, 0.2) is 0 Å². The molecule has 0 saturated carbocycles. The van der Waals surface area contributed by atoms with E-state index in [0.717, 1.165) is 12.0 Å². The number of benzene rings is 3. The van der Waals surface area contributed by atoms with Crippen LogP contribution in [0.25, 0.3) is 10.9 Å². The highest BCUT2D eigenvalue weighted by atomic mass is 16.5. The van der Waals surface area contributed by atoms with Gasteiger partial charge in [-0.1, -0.05) is 42.5 Å². The first-order chi connectivity index (χ1) is 18.0. The molecule has 0 saturated heterocycles. The van der Waals surface area contributed by atoms with Crippen LogP contribution in [-0.2, 0) is 24.3 Å². The van der Waals surface area contributed by atoms with Crippen molar-refractivity contribution in [2.45, 2.75) is 19.5 Å². The van der Waals surface area contributed by atoms with Crippen molar-refractivity contribution in [2.24, 2.45) is 0 Å². The molecular weight excluding hydrogens is 470 g/mol. The molecule has 0 atom stereocenters. The first kappa shape index (κ1) is 24.1. The maximum atomic E-state index is 13.6. The summed E-state index contributed by atoms with van der Waals surface area (Å²) >= 11 is 0. The Kier molecular flexibility index (Phi) is 6.64. The predicted octanol–water partition coefficient (Wildman–Crippen LogP) is 3.86. The SMILES string of the molecule is COc1ccc(OC)c(NC(=O)Cn2c(=O)cc(C(=O)N3CCc4ccccc4C3)c3ccccc32)c1. The number of aromatic nitrogens is 1. The predicted molar refractivity (Wildman–Crippen MR) is 141 cm³/mol. The lowest BCUT2D eigenvalue weighted by Crippen LogP contribution is -2.37. The number of pyridine rings is 1. The summed E-state index contributed by atoms with van der Waals surface area (Å²) in [6, 6.07) is 21.6. The van der Waals surface area contributed by atoms with Gasteiger partial charge in [0.25, 0.3) is 11.5 Å². The largest absolute Gasteiger partial charge is 0.497 e. The molecule has 3 aromatic carbocycles. The number of hydrogen-bond donors (Lipinski definition) is 1. The number of amides is 2. The number of carbonyl (C=O) groups excluding carboxylic acids is 2. The van der Waals surface area contributed by atoms with Crippen LogP contribution in [0.1, 0.15) is 21.5 Å². The van der Waals surface area contributed by atoms with E-state index in [1.54, 1.807) is 41.3 Å². The first-order valence-corrected chi connectivity index (χ1v) is 12.0. The van der Waals surface area contributed by atoms with Crippen LogP contribution < -0.4 is 20.3 Å². The Morgan fingerprint density at radius 3 is 2.46 bits per heavy atom. The van der Waals surface area contributed by atoms with Crippen LogP contribution in [0.3, 0.4) is 0 Å². The molecule has 0 radical (unpaired) electrons. The zero-order valence-corrected chi connectivity index (χ0v) is 20.7. The van der Waals surface area contributed by atoms with E-state index >= 15 is 0 Å². The van der Waals surface area contributed by atoms with Crippen LogP contribution in [0.2, 0.25) is 0 Å². The van der Waals surface area contributed by atoms with Crippen molar-refractivity contribution in [3.05, 3.63) is 99.8 Å². The molecule has 1 aliphatic rings. The van der Waals surface area contributed by atoms with E-state index in [0.29, 0.717) is 46.7 Å². The topological polar surface area (TPSA) is 89.9 Å². The van der Waals surface area contributed by atoms with E-state index in [-0.39, 0.29) is 12.5 Å². The fraction of sp³-hybridized carbons (Fsp3) is 0.207. The van der Waals surface area contributed by atoms with Gasteiger partial charge in [0.05, 0.1) is 31.0 Å². The summed E-state index contributed by atoms with van der Waals surface area (Å²) in [4.78, 5) is 41.5. The van der Waals surface area contributed by atoms with Gasteiger partial charge in [0.2, 0.25) is 5.91 Å². The number of carbonyl (C=O) groups is 2. The molecule has 37 heavy (non-hydrogen) atoms. The summed E-state index contributed by atoms with van der Waals surface area (Å²) < 4.78 is 11.9. The molecule has 8 nitrogen and oxygen atoms in total. The minimum absolute atomic E-state index is 0.194. The van der Waals surface area contributed by atoms with Gasteiger partial charge < -0.3 is 19.7 Å². The molecule has 1 N–H and O–H groups in total. The van der Waals surface area contributed by atoms with Gasteiger partial charge in [-0.15, -0.1) is 0 Å². The number of ether oxygens (including phenoxy) is 2. The van der Waals surface area contributed by atoms with E-state index < -0.39 is 11.5 Å². The molecule has 0 unspecified atom stereocenters. The molecule has 0 bridgehead atoms. The van der Waals surface area contributed by atoms with Crippen LogP contribution in [0.15, 0.2) is 77.6 Å². The summed E-state index contributed by atoms with van der Waals surface area (Å²) in [5, 5.41) is 3.42. The van der Waals surface area contributed by atoms with Crippen LogP contribution in [-0.4, -0.2) is 42.0 Å². The lowest BCUT2D eigenvalue weighted by molar-refractivity contribution is -0.116. The first-order valence-electron chi connectivity index (χ1n) is 12.0. The number of hydrogen-bond acceptors (Lipinski definition) is 5. The number of rotatable bonds is 6. The van der Waals surface area contributed by atoms with Gasteiger partial charge in [-0.3, -0.25) is 19.0 Å². The lowest BCUT2D eigenvalue weighted by atomic mass is 9.98. The second-order valence-corrected chi connectivity index (χ2v) is 8.86. The molecule has 4 aromatic rings. The van der Waals surface area contributed by atoms with Crippen molar-refractivity contribution >= 4 is 28.4 Å². The van der Waals surface area contributed by atoms with E-state index in [4.69, 9.17) is 9.47 Å². The maximum absolute atomic E-state index is 13.6. The summed E-state index contributed by atoms with van der Waals surface area (Å²) in [6.45, 7) is 0.848. The molecule has 0 aliphatic carbocycles. The summed E-state index contributed by atoms with van der Waals surface area (Å²) in [5.41, 5.74) is 3.22. The minimum atomic E-state index is -0.424. The fourth-order valence-corrected chi connectivity index (χ4v) is 4.76. The second kappa shape index (κ2) is 10.2. The zero-order chi connectivity index (χ0) is 25.9. The Bertz CT molecular complexity index is 1560. The van der Waals surface area contributed by atoms with Gasteiger partial charge in [-0.25, -0.2) is 0 Å². The molecule has 0 spiro atoms. The van der Waals surface area contributed by atoms with Crippen molar-refractivity contribution in [2.75, 3.05) is 26.1 Å². The third-order valence-corrected chi connectivity index (χ3v) is 6.65. The molecule has 0 fully saturated rings. The van der Waals surface area contributed by atoms with Crippen LogP contribution in [0.4, 0.5) is 5.69 Å². The highest BCUT2D eigenvalue weighted by Crippen LogP contribution is 2.29. The summed E-state index contributed by atoms with van der Waals surface area (Å²) in [5.74, 6) is 0.420. The second-order valence-electron chi connectivity index (χ2n) is 8.86. The Balaban J connectivity index is 1.44. The van der Waals surface area contributed by atoms with Gasteiger partial charge in [0.1, 0.15) is 18.0 Å². The number of nitrogens with one attached hydrogen (secondary N) is 1. The molecule has 1 aromatic heterocycles. The van der Waals surface area contributed by atoms with Gasteiger partial charge in [0, 0.05) is 30.6 Å². The number of anilines is 1. The Labute approximate surface area is 214 Å². The van der Waals surface area contributed by atoms with E-state index in [1.165, 1.54) is 30.4 Å². The fourth-order valence-electron chi connectivity index (χ4n) is 4.76. The maximum Gasteiger partial charge on any atom is 0.255 e. The van der Waals surface area contributed by atoms with Crippen molar-refractivity contribution in [1.29, 1.82) is 0 Å². The molecule has 188 valence electrons. The lowest BCUT2D eigenvalue weighted by Gasteiger charge is -2.29. The van der Waals surface area contributed by atoms with Crippen molar-refractivity contribution < 1.29 is 19.1 Å². The quantitative estimate of drug-likeness (QED) is 0.437.